The van der Waals surface area contributed by atoms with Crippen molar-refractivity contribution in [2.24, 2.45) is 0 Å². The number of carbonyl (C=O) groups is 1. The van der Waals surface area contributed by atoms with E-state index in [0.717, 1.165) is 16.7 Å². The van der Waals surface area contributed by atoms with Crippen LogP contribution in [-0.2, 0) is 11.2 Å². The molecule has 154 valence electrons. The van der Waals surface area contributed by atoms with Crippen molar-refractivity contribution in [1.29, 1.82) is 0 Å². The average molecular weight is 399 g/mol. The monoisotopic (exact) mass is 399 g/mol. The molecule has 0 saturated carbocycles. The van der Waals surface area contributed by atoms with Crippen LogP contribution in [0.25, 0.3) is 11.1 Å². The normalized spacial score (nSPS) is 14.7. The van der Waals surface area contributed by atoms with Crippen LogP contribution in [0.15, 0.2) is 35.1 Å². The molecule has 2 aromatic rings. The molecule has 1 N–H and O–H groups in total. The second kappa shape index (κ2) is 8.86. The fraction of sp³-hybridized carbons (Fsp3) is 0.364. The second-order valence-corrected chi connectivity index (χ2v) is 6.58. The minimum Gasteiger partial charge on any atom is -0.493 e. The molecule has 1 aliphatic rings. The van der Waals surface area contributed by atoms with Crippen LogP contribution in [0, 0.1) is 0 Å². The van der Waals surface area contributed by atoms with E-state index in [2.05, 4.69) is 5.32 Å². The Labute approximate surface area is 169 Å². The predicted molar refractivity (Wildman–Crippen MR) is 109 cm³/mol. The Bertz CT molecular complexity index is 972. The number of carbonyl (C=O) groups excluding carboxylic acids is 1. The zero-order chi connectivity index (χ0) is 21.0. The van der Waals surface area contributed by atoms with Crippen LogP contribution in [0.5, 0.6) is 17.2 Å². The number of methoxy groups -OCH3 is 3. The van der Waals surface area contributed by atoms with Gasteiger partial charge in [-0.15, -0.1) is 0 Å². The van der Waals surface area contributed by atoms with Crippen LogP contribution in [-0.4, -0.2) is 34.0 Å². The molecule has 0 heterocycles. The van der Waals surface area contributed by atoms with Crippen molar-refractivity contribution in [1.82, 2.24) is 5.32 Å². The lowest BCUT2D eigenvalue weighted by Gasteiger charge is -2.19. The summed E-state index contributed by atoms with van der Waals surface area (Å²) in [5, 5.41) is 2.88. The molecule has 7 nitrogen and oxygen atoms in total. The first-order valence-corrected chi connectivity index (χ1v) is 9.43. The Morgan fingerprint density at radius 2 is 1.86 bits per heavy atom. The van der Waals surface area contributed by atoms with E-state index in [1.807, 2.05) is 12.1 Å². The van der Waals surface area contributed by atoms with Crippen molar-refractivity contribution in [2.75, 3.05) is 27.9 Å². The lowest BCUT2D eigenvalue weighted by Crippen LogP contribution is -2.29. The van der Waals surface area contributed by atoms with E-state index in [4.69, 9.17) is 18.9 Å². The van der Waals surface area contributed by atoms with Gasteiger partial charge in [0.05, 0.1) is 34.0 Å². The van der Waals surface area contributed by atoms with Gasteiger partial charge in [-0.3, -0.25) is 4.79 Å². The SMILES string of the molecule is CCOC(=O)N[C@H]1CCc2cc(OC)c(OC)c(OC)c2-c2cccc(=O)cc21. The molecular formula is C22H25NO6. The van der Waals surface area contributed by atoms with E-state index in [1.54, 1.807) is 40.4 Å². The Balaban J connectivity index is 2.28. The molecule has 0 fully saturated rings. The van der Waals surface area contributed by atoms with Crippen LogP contribution in [0.3, 0.4) is 0 Å². The maximum atomic E-state index is 12.3. The zero-order valence-electron chi connectivity index (χ0n) is 17.0. The van der Waals surface area contributed by atoms with E-state index < -0.39 is 12.1 Å². The first kappa shape index (κ1) is 20.5. The number of ether oxygens (including phenoxy) is 4. The van der Waals surface area contributed by atoms with Gasteiger partial charge in [0.25, 0.3) is 0 Å². The Morgan fingerprint density at radius 1 is 1.10 bits per heavy atom. The molecule has 0 saturated heterocycles. The number of rotatable bonds is 5. The lowest BCUT2D eigenvalue weighted by molar-refractivity contribution is 0.147. The van der Waals surface area contributed by atoms with E-state index in [0.29, 0.717) is 35.7 Å². The number of nitrogens with one attached hydrogen (secondary N) is 1. The van der Waals surface area contributed by atoms with Crippen LogP contribution in [0.1, 0.15) is 30.5 Å². The highest BCUT2D eigenvalue weighted by Crippen LogP contribution is 2.50. The largest absolute Gasteiger partial charge is 0.493 e. The molecule has 3 rings (SSSR count). The standard InChI is InChI=1S/C22H25NO6/c1-5-29-22(25)23-17-10-9-13-11-18(26-2)20(27-3)21(28-4)19(13)15-8-6-7-14(24)12-16(15)17/h6-8,11-12,17H,5,9-10H2,1-4H3,(H,23,25)/t17-/m0/s1. The van der Waals surface area contributed by atoms with Crippen molar-refractivity contribution >= 4 is 6.09 Å². The smallest absolute Gasteiger partial charge is 0.407 e. The fourth-order valence-electron chi connectivity index (χ4n) is 3.75. The molecule has 0 unspecified atom stereocenters. The molecule has 0 aromatic heterocycles. The molecule has 29 heavy (non-hydrogen) atoms. The second-order valence-electron chi connectivity index (χ2n) is 6.58. The third-order valence-corrected chi connectivity index (χ3v) is 4.96. The highest BCUT2D eigenvalue weighted by Gasteiger charge is 2.29. The molecule has 1 aliphatic carbocycles. The summed E-state index contributed by atoms with van der Waals surface area (Å²) >= 11 is 0. The van der Waals surface area contributed by atoms with Crippen molar-refractivity contribution in [3.63, 3.8) is 0 Å². The summed E-state index contributed by atoms with van der Waals surface area (Å²) in [7, 11) is 4.69. The maximum absolute atomic E-state index is 12.3. The first-order chi connectivity index (χ1) is 14.0. The van der Waals surface area contributed by atoms with Gasteiger partial charge in [-0.1, -0.05) is 12.1 Å². The molecular weight excluding hydrogens is 374 g/mol. The summed E-state index contributed by atoms with van der Waals surface area (Å²) in [6.07, 6.45) is 0.701. The Hall–Kier alpha value is -3.22. The molecule has 2 aromatic carbocycles. The molecule has 0 radical (unpaired) electrons. The molecule has 0 spiro atoms. The number of hydrogen-bond donors (Lipinski definition) is 1. The van der Waals surface area contributed by atoms with E-state index in [1.165, 1.54) is 6.07 Å². The van der Waals surface area contributed by atoms with Gasteiger partial charge in [0, 0.05) is 5.56 Å². The van der Waals surface area contributed by atoms with Gasteiger partial charge < -0.3 is 24.3 Å². The van der Waals surface area contributed by atoms with Gasteiger partial charge >= 0.3 is 6.09 Å². The van der Waals surface area contributed by atoms with E-state index in [9.17, 15) is 9.59 Å². The maximum Gasteiger partial charge on any atom is 0.407 e. The van der Waals surface area contributed by atoms with Crippen LogP contribution < -0.4 is 25.0 Å². The predicted octanol–water partition coefficient (Wildman–Crippen LogP) is 3.47. The van der Waals surface area contributed by atoms with Crippen molar-refractivity contribution in [2.45, 2.75) is 25.8 Å². The van der Waals surface area contributed by atoms with Crippen LogP contribution >= 0.6 is 0 Å². The third kappa shape index (κ3) is 3.99. The van der Waals surface area contributed by atoms with Crippen LogP contribution in [0.4, 0.5) is 4.79 Å². The van der Waals surface area contributed by atoms with E-state index in [-0.39, 0.29) is 12.0 Å². The average Bonchev–Trinajstić information content (AvgIpc) is 2.98. The third-order valence-electron chi connectivity index (χ3n) is 4.96. The number of aryl methyl sites for hydroxylation is 1. The van der Waals surface area contributed by atoms with Gasteiger partial charge in [-0.25, -0.2) is 4.79 Å². The lowest BCUT2D eigenvalue weighted by atomic mass is 9.95. The van der Waals surface area contributed by atoms with Gasteiger partial charge in [-0.2, -0.15) is 0 Å². The zero-order valence-corrected chi connectivity index (χ0v) is 17.0. The summed E-state index contributed by atoms with van der Waals surface area (Å²) in [5.74, 6) is 1.56. The van der Waals surface area contributed by atoms with Gasteiger partial charge in [-0.05, 0) is 54.7 Å². The van der Waals surface area contributed by atoms with Gasteiger partial charge in [0.2, 0.25) is 5.75 Å². The number of hydrogen-bond acceptors (Lipinski definition) is 6. The highest BCUT2D eigenvalue weighted by molar-refractivity contribution is 5.83. The number of alkyl carbamates (subject to hydrolysis) is 1. The highest BCUT2D eigenvalue weighted by atomic mass is 16.5. The fourth-order valence-corrected chi connectivity index (χ4v) is 3.75. The summed E-state index contributed by atoms with van der Waals surface area (Å²) in [5.41, 5.74) is 3.15. The van der Waals surface area contributed by atoms with Crippen molar-refractivity contribution < 1.29 is 23.7 Å². The van der Waals surface area contributed by atoms with Crippen molar-refractivity contribution in [3.8, 4) is 28.4 Å². The quantitative estimate of drug-likeness (QED) is 0.829. The van der Waals surface area contributed by atoms with Crippen molar-refractivity contribution in [3.05, 3.63) is 51.7 Å². The Kier molecular flexibility index (Phi) is 6.26. The molecule has 1 atom stereocenters. The summed E-state index contributed by atoms with van der Waals surface area (Å²) in [4.78, 5) is 24.4. The summed E-state index contributed by atoms with van der Waals surface area (Å²) in [6.45, 7) is 2.01. The number of benzene rings is 1. The Morgan fingerprint density at radius 3 is 2.52 bits per heavy atom. The molecule has 1 amide bonds. The minimum absolute atomic E-state index is 0.148. The van der Waals surface area contributed by atoms with E-state index >= 15 is 0 Å². The molecule has 7 heteroatoms. The van der Waals surface area contributed by atoms with Gasteiger partial charge in [0.15, 0.2) is 16.9 Å². The van der Waals surface area contributed by atoms with Crippen LogP contribution in [0.2, 0.25) is 0 Å². The molecule has 0 aliphatic heterocycles. The minimum atomic E-state index is -0.518. The topological polar surface area (TPSA) is 83.1 Å². The first-order valence-electron chi connectivity index (χ1n) is 9.43. The van der Waals surface area contributed by atoms with Gasteiger partial charge in [0.1, 0.15) is 0 Å². The summed E-state index contributed by atoms with van der Waals surface area (Å²) < 4.78 is 21.8. The number of amides is 1. The summed E-state index contributed by atoms with van der Waals surface area (Å²) in [6, 6.07) is 8.13. The number of fused-ring (bicyclic) bond motifs is 3. The molecule has 0 bridgehead atoms.